The number of benzene rings is 1. The van der Waals surface area contributed by atoms with Gasteiger partial charge >= 0.3 is 5.97 Å². The molecular formula is C22H22BrF2N3O4. The van der Waals surface area contributed by atoms with Crippen molar-refractivity contribution in [3.63, 3.8) is 0 Å². The Kier molecular flexibility index (Phi) is 8.43. The molecule has 1 atom stereocenters. The number of nitrogens with zero attached hydrogens (tertiary/aromatic N) is 2. The summed E-state index contributed by atoms with van der Waals surface area (Å²) in [6, 6.07) is 5.84. The monoisotopic (exact) mass is 509 g/mol. The van der Waals surface area contributed by atoms with E-state index < -0.39 is 23.6 Å². The molecule has 2 heterocycles. The molecule has 1 unspecified atom stereocenters. The van der Waals surface area contributed by atoms with Crippen molar-refractivity contribution in [2.24, 2.45) is 4.99 Å². The van der Waals surface area contributed by atoms with Gasteiger partial charge in [0.1, 0.15) is 17.6 Å². The van der Waals surface area contributed by atoms with Crippen LogP contribution in [0, 0.1) is 11.6 Å². The summed E-state index contributed by atoms with van der Waals surface area (Å²) in [5, 5.41) is 2.98. The fraction of sp³-hybridized carbons (Fsp3) is 0.318. The van der Waals surface area contributed by atoms with E-state index in [2.05, 4.69) is 31.2 Å². The minimum Gasteiger partial charge on any atom is -0.463 e. The topological polar surface area (TPSA) is 82.0 Å². The number of ether oxygens (including phenoxy) is 3. The third kappa shape index (κ3) is 5.56. The van der Waals surface area contributed by atoms with E-state index in [1.54, 1.807) is 14.0 Å². The van der Waals surface area contributed by atoms with Crippen LogP contribution in [0.1, 0.15) is 24.2 Å². The predicted octanol–water partition coefficient (Wildman–Crippen LogP) is 3.69. The first-order valence-electron chi connectivity index (χ1n) is 9.83. The number of aliphatic imine (C=N–C) groups is 1. The zero-order valence-corrected chi connectivity index (χ0v) is 19.1. The summed E-state index contributed by atoms with van der Waals surface area (Å²) in [4.78, 5) is 21.6. The molecule has 0 aliphatic carbocycles. The molecular weight excluding hydrogens is 488 g/mol. The van der Waals surface area contributed by atoms with Crippen LogP contribution in [0.5, 0.6) is 0 Å². The maximum absolute atomic E-state index is 14.5. The lowest BCUT2D eigenvalue weighted by atomic mass is 9.95. The van der Waals surface area contributed by atoms with Crippen LogP contribution in [0.3, 0.4) is 0 Å². The Morgan fingerprint density at radius 3 is 2.75 bits per heavy atom. The molecule has 1 aliphatic rings. The van der Waals surface area contributed by atoms with Gasteiger partial charge in [-0.1, -0.05) is 22.0 Å². The van der Waals surface area contributed by atoms with Crippen LogP contribution in [-0.4, -0.2) is 50.3 Å². The van der Waals surface area contributed by atoms with E-state index in [4.69, 9.17) is 14.2 Å². The minimum atomic E-state index is -0.914. The number of pyridine rings is 1. The highest BCUT2D eigenvalue weighted by Crippen LogP contribution is 2.36. The number of hydrogen-bond donors (Lipinski definition) is 1. The van der Waals surface area contributed by atoms with Crippen molar-refractivity contribution in [2.75, 3.05) is 33.5 Å². The first-order chi connectivity index (χ1) is 15.5. The molecule has 1 N–H and O–H groups in total. The lowest BCUT2D eigenvalue weighted by Crippen LogP contribution is -2.37. The smallest absolute Gasteiger partial charge is 0.338 e. The van der Waals surface area contributed by atoms with Crippen LogP contribution >= 0.6 is 15.9 Å². The summed E-state index contributed by atoms with van der Waals surface area (Å²) in [6.45, 7) is 2.44. The maximum Gasteiger partial charge on any atom is 0.338 e. The third-order valence-corrected chi connectivity index (χ3v) is 5.23. The zero-order valence-electron chi connectivity index (χ0n) is 17.5. The van der Waals surface area contributed by atoms with Gasteiger partial charge in [-0.3, -0.25) is 4.99 Å². The van der Waals surface area contributed by atoms with E-state index in [1.165, 1.54) is 36.5 Å². The Hall–Kier alpha value is -2.69. The standard InChI is InChI=1S/C22H22BrF2N3O4/c1-3-32-22(29)18-17(12-31-10-9-30-2)27-21(20-16(25)5-4-8-26-20)28-19(18)14-7-6-13(24)11-15(14)23/h4-8,11,19H,3,9-10,12H2,1-2H3,(H,27,28). The van der Waals surface area contributed by atoms with Gasteiger partial charge in [0.05, 0.1) is 37.7 Å². The number of nitrogens with one attached hydrogen (secondary N) is 1. The number of methoxy groups -OCH3 is 1. The van der Waals surface area contributed by atoms with Crippen molar-refractivity contribution < 1.29 is 27.8 Å². The van der Waals surface area contributed by atoms with E-state index in [1.807, 2.05) is 0 Å². The number of aromatic nitrogens is 1. The van der Waals surface area contributed by atoms with Crippen molar-refractivity contribution in [1.82, 2.24) is 10.3 Å². The average molecular weight is 510 g/mol. The number of rotatable bonds is 9. The van der Waals surface area contributed by atoms with Crippen LogP contribution in [0.25, 0.3) is 0 Å². The third-order valence-electron chi connectivity index (χ3n) is 4.54. The summed E-state index contributed by atoms with van der Waals surface area (Å²) in [5.74, 6) is -1.55. The Balaban J connectivity index is 2.13. The summed E-state index contributed by atoms with van der Waals surface area (Å²) in [5.41, 5.74) is 1.000. The lowest BCUT2D eigenvalue weighted by Gasteiger charge is -2.28. The second-order valence-corrected chi connectivity index (χ2v) is 7.52. The molecule has 0 spiro atoms. The number of amidine groups is 1. The van der Waals surface area contributed by atoms with E-state index in [0.29, 0.717) is 22.3 Å². The second kappa shape index (κ2) is 11.3. The van der Waals surface area contributed by atoms with Gasteiger partial charge in [0, 0.05) is 17.8 Å². The summed E-state index contributed by atoms with van der Waals surface area (Å²) in [7, 11) is 1.54. The van der Waals surface area contributed by atoms with E-state index in [0.717, 1.165) is 0 Å². The highest BCUT2D eigenvalue weighted by molar-refractivity contribution is 9.10. The van der Waals surface area contributed by atoms with Crippen LogP contribution in [0.4, 0.5) is 8.78 Å². The number of halogens is 3. The van der Waals surface area contributed by atoms with Gasteiger partial charge in [0.2, 0.25) is 0 Å². The molecule has 1 aromatic heterocycles. The maximum atomic E-state index is 14.5. The molecule has 0 saturated carbocycles. The van der Waals surface area contributed by atoms with Gasteiger partial charge in [-0.15, -0.1) is 0 Å². The molecule has 0 saturated heterocycles. The van der Waals surface area contributed by atoms with Crippen molar-refractivity contribution in [2.45, 2.75) is 13.0 Å². The summed E-state index contributed by atoms with van der Waals surface area (Å²) >= 11 is 3.34. The van der Waals surface area contributed by atoms with Gasteiger partial charge in [-0.05, 0) is 36.8 Å². The number of esters is 1. The molecule has 1 aromatic carbocycles. The highest BCUT2D eigenvalue weighted by atomic mass is 79.9. The molecule has 2 aromatic rings. The quantitative estimate of drug-likeness (QED) is 0.410. The van der Waals surface area contributed by atoms with Crippen LogP contribution in [-0.2, 0) is 19.0 Å². The van der Waals surface area contributed by atoms with Crippen LogP contribution in [0.2, 0.25) is 0 Å². The van der Waals surface area contributed by atoms with Crippen molar-refractivity contribution in [3.8, 4) is 0 Å². The first-order valence-corrected chi connectivity index (χ1v) is 10.6. The molecule has 1 aliphatic heterocycles. The van der Waals surface area contributed by atoms with E-state index in [-0.39, 0.29) is 36.9 Å². The average Bonchev–Trinajstić information content (AvgIpc) is 2.76. The van der Waals surface area contributed by atoms with Crippen molar-refractivity contribution in [1.29, 1.82) is 0 Å². The van der Waals surface area contributed by atoms with Gasteiger partial charge in [0.25, 0.3) is 0 Å². The van der Waals surface area contributed by atoms with Crippen molar-refractivity contribution >= 4 is 27.7 Å². The Morgan fingerprint density at radius 1 is 1.25 bits per heavy atom. The SMILES string of the molecule is CCOC(=O)C1=C(COCCOC)NC(c2ncccc2F)=NC1c1ccc(F)cc1Br. The highest BCUT2D eigenvalue weighted by Gasteiger charge is 2.34. The summed E-state index contributed by atoms with van der Waals surface area (Å²) in [6.07, 6.45) is 1.44. The first kappa shape index (κ1) is 24.0. The van der Waals surface area contributed by atoms with Gasteiger partial charge in [-0.25, -0.2) is 18.6 Å². The minimum absolute atomic E-state index is 0.0136. The molecule has 0 fully saturated rings. The molecule has 170 valence electrons. The Morgan fingerprint density at radius 2 is 2.06 bits per heavy atom. The summed E-state index contributed by atoms with van der Waals surface area (Å²) < 4.78 is 44.5. The molecule has 0 amide bonds. The fourth-order valence-electron chi connectivity index (χ4n) is 3.10. The molecule has 3 rings (SSSR count). The number of hydrogen-bond acceptors (Lipinski definition) is 7. The van der Waals surface area contributed by atoms with E-state index in [9.17, 15) is 13.6 Å². The number of carbonyl (C=O) groups excluding carboxylic acids is 1. The van der Waals surface area contributed by atoms with Gasteiger partial charge in [0.15, 0.2) is 11.7 Å². The molecule has 10 heteroatoms. The number of carbonyl (C=O) groups is 1. The van der Waals surface area contributed by atoms with Crippen molar-refractivity contribution in [3.05, 3.63) is 75.2 Å². The van der Waals surface area contributed by atoms with Gasteiger partial charge in [-0.2, -0.15) is 0 Å². The molecule has 0 radical (unpaired) electrons. The normalized spacial score (nSPS) is 15.9. The Bertz CT molecular complexity index is 1050. The molecule has 7 nitrogen and oxygen atoms in total. The lowest BCUT2D eigenvalue weighted by molar-refractivity contribution is -0.139. The van der Waals surface area contributed by atoms with Crippen LogP contribution < -0.4 is 5.32 Å². The molecule has 0 bridgehead atoms. The predicted molar refractivity (Wildman–Crippen MR) is 117 cm³/mol. The molecule has 32 heavy (non-hydrogen) atoms. The van der Waals surface area contributed by atoms with Crippen LogP contribution in [0.15, 0.2) is 57.3 Å². The Labute approximate surface area is 192 Å². The zero-order chi connectivity index (χ0) is 23.1. The van der Waals surface area contributed by atoms with E-state index >= 15 is 0 Å². The van der Waals surface area contributed by atoms with Gasteiger partial charge < -0.3 is 19.5 Å². The largest absolute Gasteiger partial charge is 0.463 e. The fourth-order valence-corrected chi connectivity index (χ4v) is 3.67. The second-order valence-electron chi connectivity index (χ2n) is 6.66.